The summed E-state index contributed by atoms with van der Waals surface area (Å²) in [6, 6.07) is 7.83. The Balaban J connectivity index is 2.36. The molecule has 0 bridgehead atoms. The smallest absolute Gasteiger partial charge is 0.374 e. The van der Waals surface area contributed by atoms with Crippen molar-refractivity contribution >= 4 is 16.5 Å². The molecule has 2 aromatic rings. The van der Waals surface area contributed by atoms with Crippen molar-refractivity contribution in [1.82, 2.24) is 0 Å². The van der Waals surface area contributed by atoms with E-state index in [0.717, 1.165) is 29.2 Å². The molecule has 100 valence electrons. The Morgan fingerprint density at radius 1 is 1.11 bits per heavy atom. The van der Waals surface area contributed by atoms with Crippen LogP contribution in [0.3, 0.4) is 0 Å². The fraction of sp³-hybridized carbons (Fsp3) is 0.333. The Morgan fingerprint density at radius 3 is 2.53 bits per heavy atom. The number of anilines is 1. The molecule has 0 saturated carbocycles. The minimum absolute atomic E-state index is 0.257. The summed E-state index contributed by atoms with van der Waals surface area (Å²) in [5, 5.41) is 1.03. The number of alkyl halides is 3. The predicted molar refractivity (Wildman–Crippen MR) is 70.6 cm³/mol. The second-order valence-electron chi connectivity index (χ2n) is 5.18. The van der Waals surface area contributed by atoms with Crippen LogP contribution in [0.4, 0.5) is 18.9 Å². The number of hydrogen-bond acceptors (Lipinski definition) is 1. The predicted octanol–water partition coefficient (Wildman–Crippen LogP) is 4.41. The van der Waals surface area contributed by atoms with Crippen LogP contribution in [0, 0.1) is 0 Å². The number of fused-ring (bicyclic) bond motifs is 3. The lowest BCUT2D eigenvalue weighted by Crippen LogP contribution is -2.13. The second-order valence-corrected chi connectivity index (χ2v) is 5.18. The molecule has 1 unspecified atom stereocenters. The molecule has 3 rings (SSSR count). The van der Waals surface area contributed by atoms with E-state index in [2.05, 4.69) is 11.8 Å². The molecule has 1 atom stereocenters. The van der Waals surface area contributed by atoms with Gasteiger partial charge in [-0.05, 0) is 28.5 Å². The zero-order chi connectivity index (χ0) is 13.8. The van der Waals surface area contributed by atoms with Crippen molar-refractivity contribution in [3.05, 3.63) is 41.5 Å². The summed E-state index contributed by atoms with van der Waals surface area (Å²) in [5.74, 6) is 0.257. The van der Waals surface area contributed by atoms with E-state index in [-0.39, 0.29) is 5.92 Å². The first kappa shape index (κ1) is 12.3. The van der Waals surface area contributed by atoms with Gasteiger partial charge in [-0.25, -0.2) is 0 Å². The Hall–Kier alpha value is -1.71. The summed E-state index contributed by atoms with van der Waals surface area (Å²) < 4.78 is 39.1. The van der Waals surface area contributed by atoms with Crippen molar-refractivity contribution in [2.24, 2.45) is 0 Å². The Bertz CT molecular complexity index is 646. The first-order valence-corrected chi connectivity index (χ1v) is 6.23. The molecule has 1 nitrogen and oxygen atoms in total. The van der Waals surface area contributed by atoms with Crippen molar-refractivity contribution in [2.75, 3.05) is 18.5 Å². The highest BCUT2D eigenvalue weighted by atomic mass is 19.4. The van der Waals surface area contributed by atoms with Crippen LogP contribution in [-0.2, 0) is 6.18 Å². The molecule has 0 saturated heterocycles. The number of halogens is 3. The van der Waals surface area contributed by atoms with Gasteiger partial charge in [0.1, 0.15) is 0 Å². The number of benzene rings is 2. The van der Waals surface area contributed by atoms with Crippen molar-refractivity contribution in [3.8, 4) is 0 Å². The van der Waals surface area contributed by atoms with E-state index in [1.54, 1.807) is 18.2 Å². The van der Waals surface area contributed by atoms with Crippen molar-refractivity contribution in [1.29, 1.82) is 0 Å². The Labute approximate surface area is 109 Å². The van der Waals surface area contributed by atoms with Crippen LogP contribution in [0.1, 0.15) is 24.0 Å². The summed E-state index contributed by atoms with van der Waals surface area (Å²) in [4.78, 5) is 2.10. The summed E-state index contributed by atoms with van der Waals surface area (Å²) in [6.07, 6.45) is -4.30. The van der Waals surface area contributed by atoms with Gasteiger partial charge in [0.25, 0.3) is 0 Å². The van der Waals surface area contributed by atoms with Crippen molar-refractivity contribution in [3.63, 3.8) is 0 Å². The van der Waals surface area contributed by atoms with Crippen LogP contribution in [0.2, 0.25) is 0 Å². The van der Waals surface area contributed by atoms with Crippen LogP contribution < -0.4 is 4.90 Å². The third-order valence-electron chi connectivity index (χ3n) is 3.84. The van der Waals surface area contributed by atoms with Gasteiger partial charge in [-0.15, -0.1) is 0 Å². The molecule has 19 heavy (non-hydrogen) atoms. The molecule has 0 amide bonds. The molecule has 0 aliphatic carbocycles. The molecule has 0 radical (unpaired) electrons. The Morgan fingerprint density at radius 2 is 1.84 bits per heavy atom. The monoisotopic (exact) mass is 265 g/mol. The third-order valence-corrected chi connectivity index (χ3v) is 3.84. The van der Waals surface area contributed by atoms with Gasteiger partial charge in [0.15, 0.2) is 0 Å². The molecular weight excluding hydrogens is 251 g/mol. The number of nitrogens with zero attached hydrogens (tertiary/aromatic N) is 1. The quantitative estimate of drug-likeness (QED) is 0.682. The molecule has 0 N–H and O–H groups in total. The van der Waals surface area contributed by atoms with Crippen molar-refractivity contribution in [2.45, 2.75) is 19.0 Å². The zero-order valence-electron chi connectivity index (χ0n) is 10.8. The van der Waals surface area contributed by atoms with Gasteiger partial charge in [-0.3, -0.25) is 0 Å². The maximum atomic E-state index is 13.0. The summed E-state index contributed by atoms with van der Waals surface area (Å²) in [5.41, 5.74) is 1.53. The average Bonchev–Trinajstić information content (AvgIpc) is 2.63. The minimum Gasteiger partial charge on any atom is -0.374 e. The van der Waals surface area contributed by atoms with Gasteiger partial charge in [0.05, 0.1) is 5.56 Å². The van der Waals surface area contributed by atoms with Gasteiger partial charge in [-0.1, -0.05) is 25.1 Å². The van der Waals surface area contributed by atoms with Gasteiger partial charge < -0.3 is 4.90 Å². The van der Waals surface area contributed by atoms with Crippen LogP contribution in [0.25, 0.3) is 10.8 Å². The first-order valence-electron chi connectivity index (χ1n) is 6.23. The van der Waals surface area contributed by atoms with E-state index < -0.39 is 11.7 Å². The van der Waals surface area contributed by atoms with Gasteiger partial charge >= 0.3 is 6.18 Å². The van der Waals surface area contributed by atoms with E-state index in [1.807, 2.05) is 7.05 Å². The zero-order valence-corrected chi connectivity index (χ0v) is 10.8. The summed E-state index contributed by atoms with van der Waals surface area (Å²) in [7, 11) is 1.97. The molecular formula is C15H14F3N. The molecule has 1 aliphatic rings. The van der Waals surface area contributed by atoms with E-state index in [0.29, 0.717) is 5.39 Å². The second kappa shape index (κ2) is 3.89. The lowest BCUT2D eigenvalue weighted by atomic mass is 9.94. The number of rotatable bonds is 0. The lowest BCUT2D eigenvalue weighted by molar-refractivity contribution is -0.136. The van der Waals surface area contributed by atoms with E-state index >= 15 is 0 Å². The highest BCUT2D eigenvalue weighted by Crippen LogP contribution is 2.43. The maximum absolute atomic E-state index is 13.0. The minimum atomic E-state index is -4.30. The summed E-state index contributed by atoms with van der Waals surface area (Å²) >= 11 is 0. The fourth-order valence-electron chi connectivity index (χ4n) is 3.07. The van der Waals surface area contributed by atoms with Crippen molar-refractivity contribution < 1.29 is 13.2 Å². The molecule has 0 fully saturated rings. The van der Waals surface area contributed by atoms with E-state index in [4.69, 9.17) is 0 Å². The van der Waals surface area contributed by atoms with Gasteiger partial charge in [0, 0.05) is 25.2 Å². The van der Waals surface area contributed by atoms with E-state index in [9.17, 15) is 13.2 Å². The van der Waals surface area contributed by atoms with Gasteiger partial charge in [0.2, 0.25) is 0 Å². The molecule has 0 spiro atoms. The van der Waals surface area contributed by atoms with Crippen LogP contribution in [0.5, 0.6) is 0 Å². The maximum Gasteiger partial charge on any atom is 0.417 e. The molecule has 1 heterocycles. The van der Waals surface area contributed by atoms with Crippen LogP contribution in [-0.4, -0.2) is 13.6 Å². The molecule has 1 aliphatic heterocycles. The number of likely N-dealkylation sites (N-methyl/N-ethyl adjacent to an activating group) is 1. The topological polar surface area (TPSA) is 3.24 Å². The molecule has 2 aromatic carbocycles. The molecule has 0 aromatic heterocycles. The largest absolute Gasteiger partial charge is 0.417 e. The number of hydrogen-bond donors (Lipinski definition) is 0. The normalized spacial score (nSPS) is 19.0. The lowest BCUT2D eigenvalue weighted by Gasteiger charge is -2.15. The van der Waals surface area contributed by atoms with Crippen LogP contribution >= 0.6 is 0 Å². The summed E-state index contributed by atoms with van der Waals surface area (Å²) in [6.45, 7) is 2.91. The highest BCUT2D eigenvalue weighted by molar-refractivity contribution is 5.94. The first-order chi connectivity index (χ1) is 8.89. The van der Waals surface area contributed by atoms with E-state index in [1.165, 1.54) is 6.07 Å². The fourth-order valence-corrected chi connectivity index (χ4v) is 3.07. The van der Waals surface area contributed by atoms with Gasteiger partial charge in [-0.2, -0.15) is 13.2 Å². The third kappa shape index (κ3) is 1.78. The molecule has 4 heteroatoms. The Kier molecular flexibility index (Phi) is 2.52. The highest BCUT2D eigenvalue weighted by Gasteiger charge is 2.34. The van der Waals surface area contributed by atoms with Crippen LogP contribution in [0.15, 0.2) is 30.3 Å². The standard InChI is InChI=1S/C15H14F3N/c1-9-8-19(2)13-7-6-10-11(14(9)13)4-3-5-12(10)15(16,17)18/h3-7,9H,8H2,1-2H3. The average molecular weight is 265 g/mol. The SMILES string of the molecule is CC1CN(C)c2ccc3c(C(F)(F)F)cccc3c21.